The van der Waals surface area contributed by atoms with Crippen LogP contribution in [-0.4, -0.2) is 13.0 Å². The van der Waals surface area contributed by atoms with Gasteiger partial charge in [-0.05, 0) is 48.7 Å². The van der Waals surface area contributed by atoms with E-state index in [4.69, 9.17) is 4.74 Å². The first-order chi connectivity index (χ1) is 11.0. The van der Waals surface area contributed by atoms with Crippen molar-refractivity contribution in [3.05, 3.63) is 65.0 Å². The molecule has 0 aromatic heterocycles. The molecule has 0 bridgehead atoms. The molecule has 0 spiro atoms. The Morgan fingerprint density at radius 3 is 2.52 bits per heavy atom. The number of methoxy groups -OCH3 is 1. The van der Waals surface area contributed by atoms with Gasteiger partial charge in [-0.3, -0.25) is 4.79 Å². The van der Waals surface area contributed by atoms with Crippen LogP contribution in [0.15, 0.2) is 42.5 Å². The van der Waals surface area contributed by atoms with Gasteiger partial charge in [0.1, 0.15) is 11.6 Å². The Balaban J connectivity index is 2.15. The molecule has 0 aliphatic heterocycles. The third-order valence-corrected chi connectivity index (χ3v) is 3.80. The van der Waals surface area contributed by atoms with Crippen molar-refractivity contribution in [3.8, 4) is 5.75 Å². The molecule has 122 valence electrons. The molecule has 2 aromatic rings. The fourth-order valence-corrected chi connectivity index (χ4v) is 2.50. The predicted octanol–water partition coefficient (Wildman–Crippen LogP) is 4.28. The number of carbonyl (C=O) groups is 1. The van der Waals surface area contributed by atoms with Crippen molar-refractivity contribution in [2.45, 2.75) is 32.7 Å². The van der Waals surface area contributed by atoms with Crippen molar-refractivity contribution in [3.63, 3.8) is 0 Å². The summed E-state index contributed by atoms with van der Waals surface area (Å²) in [5, 5.41) is 2.93. The van der Waals surface area contributed by atoms with Crippen LogP contribution in [0.2, 0.25) is 0 Å². The van der Waals surface area contributed by atoms with E-state index in [-0.39, 0.29) is 11.9 Å². The normalized spacial score (nSPS) is 11.8. The zero-order chi connectivity index (χ0) is 16.8. The third kappa shape index (κ3) is 4.31. The lowest BCUT2D eigenvalue weighted by molar-refractivity contribution is 0.0938. The van der Waals surface area contributed by atoms with E-state index < -0.39 is 5.82 Å². The third-order valence-electron chi connectivity index (χ3n) is 3.80. The maximum Gasteiger partial charge on any atom is 0.252 e. The van der Waals surface area contributed by atoms with E-state index in [9.17, 15) is 9.18 Å². The maximum atomic E-state index is 13.5. The van der Waals surface area contributed by atoms with Gasteiger partial charge in [0, 0.05) is 5.56 Å². The highest BCUT2D eigenvalue weighted by molar-refractivity contribution is 5.96. The molecule has 23 heavy (non-hydrogen) atoms. The highest BCUT2D eigenvalue weighted by Gasteiger charge is 2.15. The average Bonchev–Trinajstić information content (AvgIpc) is 2.56. The van der Waals surface area contributed by atoms with Crippen LogP contribution < -0.4 is 10.1 Å². The first kappa shape index (κ1) is 17.0. The molecule has 0 fully saturated rings. The molecule has 1 N–H and O–H groups in total. The lowest BCUT2D eigenvalue weighted by atomic mass is 10.0. The number of aryl methyl sites for hydroxylation is 1. The average molecular weight is 315 g/mol. The molecule has 0 saturated carbocycles. The van der Waals surface area contributed by atoms with Crippen LogP contribution in [0.1, 0.15) is 47.8 Å². The standard InChI is InChI=1S/C19H22FNO2/c1-4-5-15-6-9-16(20)12-18(15)19(22)21-13(2)14-7-10-17(23-3)11-8-14/h6-13H,4-5H2,1-3H3,(H,21,22). The molecular formula is C19H22FNO2. The Labute approximate surface area is 136 Å². The fraction of sp³-hybridized carbons (Fsp3) is 0.316. The van der Waals surface area contributed by atoms with Crippen molar-refractivity contribution in [2.75, 3.05) is 7.11 Å². The second-order valence-electron chi connectivity index (χ2n) is 5.52. The van der Waals surface area contributed by atoms with E-state index in [0.29, 0.717) is 5.56 Å². The predicted molar refractivity (Wildman–Crippen MR) is 89.3 cm³/mol. The largest absolute Gasteiger partial charge is 0.497 e. The van der Waals surface area contributed by atoms with Crippen molar-refractivity contribution < 1.29 is 13.9 Å². The number of hydrogen-bond acceptors (Lipinski definition) is 2. The van der Waals surface area contributed by atoms with Gasteiger partial charge in [0.05, 0.1) is 13.2 Å². The molecule has 1 atom stereocenters. The van der Waals surface area contributed by atoms with Crippen molar-refractivity contribution in [2.24, 2.45) is 0 Å². The smallest absolute Gasteiger partial charge is 0.252 e. The number of halogens is 1. The molecule has 4 heteroatoms. The van der Waals surface area contributed by atoms with Crippen molar-refractivity contribution >= 4 is 5.91 Å². The Morgan fingerprint density at radius 2 is 1.91 bits per heavy atom. The quantitative estimate of drug-likeness (QED) is 0.864. The molecule has 1 unspecified atom stereocenters. The second-order valence-corrected chi connectivity index (χ2v) is 5.52. The first-order valence-electron chi connectivity index (χ1n) is 7.78. The van der Waals surface area contributed by atoms with Crippen LogP contribution in [0.25, 0.3) is 0 Å². The van der Waals surface area contributed by atoms with Crippen molar-refractivity contribution in [1.82, 2.24) is 5.32 Å². The number of amides is 1. The van der Waals surface area contributed by atoms with Gasteiger partial charge in [0.15, 0.2) is 0 Å². The minimum absolute atomic E-state index is 0.175. The number of ether oxygens (including phenoxy) is 1. The van der Waals surface area contributed by atoms with Gasteiger partial charge in [0.25, 0.3) is 5.91 Å². The summed E-state index contributed by atoms with van der Waals surface area (Å²) in [6.07, 6.45) is 1.65. The van der Waals surface area contributed by atoms with Crippen molar-refractivity contribution in [1.29, 1.82) is 0 Å². The van der Waals surface area contributed by atoms with E-state index in [2.05, 4.69) is 5.32 Å². The summed E-state index contributed by atoms with van der Waals surface area (Å²) < 4.78 is 18.6. The highest BCUT2D eigenvalue weighted by Crippen LogP contribution is 2.19. The van der Waals surface area contributed by atoms with Gasteiger partial charge in [0.2, 0.25) is 0 Å². The Kier molecular flexibility index (Phi) is 5.74. The summed E-state index contributed by atoms with van der Waals surface area (Å²) in [7, 11) is 1.61. The van der Waals surface area contributed by atoms with Gasteiger partial charge in [-0.25, -0.2) is 4.39 Å². The first-order valence-corrected chi connectivity index (χ1v) is 7.78. The van der Waals surface area contributed by atoms with Crippen LogP contribution in [0.3, 0.4) is 0 Å². The summed E-state index contributed by atoms with van der Waals surface area (Å²) in [6.45, 7) is 3.93. The van der Waals surface area contributed by atoms with Gasteiger partial charge >= 0.3 is 0 Å². The number of rotatable bonds is 6. The number of hydrogen-bond donors (Lipinski definition) is 1. The zero-order valence-corrected chi connectivity index (χ0v) is 13.7. The van der Waals surface area contributed by atoms with E-state index in [1.165, 1.54) is 12.1 Å². The Hall–Kier alpha value is -2.36. The van der Waals surface area contributed by atoms with Crippen LogP contribution in [0.5, 0.6) is 5.75 Å². The summed E-state index contributed by atoms with van der Waals surface area (Å²) in [5.41, 5.74) is 2.24. The molecule has 2 rings (SSSR count). The lowest BCUT2D eigenvalue weighted by Crippen LogP contribution is -2.27. The minimum atomic E-state index is -0.396. The molecule has 0 heterocycles. The number of nitrogens with one attached hydrogen (secondary N) is 1. The summed E-state index contributed by atoms with van der Waals surface area (Å²) in [4.78, 5) is 12.5. The number of carbonyl (C=O) groups excluding carboxylic acids is 1. The van der Waals surface area contributed by atoms with E-state index >= 15 is 0 Å². The van der Waals surface area contributed by atoms with E-state index in [0.717, 1.165) is 29.7 Å². The molecular weight excluding hydrogens is 293 g/mol. The molecule has 0 saturated heterocycles. The molecule has 2 aromatic carbocycles. The molecule has 0 aliphatic rings. The monoisotopic (exact) mass is 315 g/mol. The van der Waals surface area contributed by atoms with Gasteiger partial charge in [-0.2, -0.15) is 0 Å². The fourth-order valence-electron chi connectivity index (χ4n) is 2.50. The van der Waals surface area contributed by atoms with E-state index in [1.807, 2.05) is 38.1 Å². The second kappa shape index (κ2) is 7.77. The molecule has 1 amide bonds. The van der Waals surface area contributed by atoms with Gasteiger partial charge in [-0.1, -0.05) is 31.5 Å². The molecule has 0 aliphatic carbocycles. The SMILES string of the molecule is CCCc1ccc(F)cc1C(=O)NC(C)c1ccc(OC)cc1. The molecule has 3 nitrogen and oxygen atoms in total. The zero-order valence-electron chi connectivity index (χ0n) is 13.7. The van der Waals surface area contributed by atoms with Crippen LogP contribution in [0, 0.1) is 5.82 Å². The summed E-state index contributed by atoms with van der Waals surface area (Å²) >= 11 is 0. The summed E-state index contributed by atoms with van der Waals surface area (Å²) in [6, 6.07) is 11.7. The van der Waals surface area contributed by atoms with E-state index in [1.54, 1.807) is 13.2 Å². The van der Waals surface area contributed by atoms with Crippen LogP contribution in [0.4, 0.5) is 4.39 Å². The summed E-state index contributed by atoms with van der Waals surface area (Å²) in [5.74, 6) is 0.117. The Morgan fingerprint density at radius 1 is 1.22 bits per heavy atom. The van der Waals surface area contributed by atoms with Crippen LogP contribution in [-0.2, 0) is 6.42 Å². The topological polar surface area (TPSA) is 38.3 Å². The Bertz CT molecular complexity index is 668. The lowest BCUT2D eigenvalue weighted by Gasteiger charge is -2.16. The highest BCUT2D eigenvalue weighted by atomic mass is 19.1. The van der Waals surface area contributed by atoms with Crippen LogP contribution >= 0.6 is 0 Å². The minimum Gasteiger partial charge on any atom is -0.497 e. The van der Waals surface area contributed by atoms with Gasteiger partial charge in [-0.15, -0.1) is 0 Å². The molecule has 0 radical (unpaired) electrons. The number of benzene rings is 2. The maximum absolute atomic E-state index is 13.5. The van der Waals surface area contributed by atoms with Gasteiger partial charge < -0.3 is 10.1 Å².